The number of carbonyl (C=O) groups is 1. The summed E-state index contributed by atoms with van der Waals surface area (Å²) in [4.78, 5) is 25.7. The van der Waals surface area contributed by atoms with E-state index in [2.05, 4.69) is 26.2 Å². The first-order valence-corrected chi connectivity index (χ1v) is 6.72. The van der Waals surface area contributed by atoms with Crippen LogP contribution < -0.4 is 15.6 Å². The maximum atomic E-state index is 12.1. The molecule has 0 spiro atoms. The smallest absolute Gasteiger partial charge is 0.272 e. The van der Waals surface area contributed by atoms with Crippen LogP contribution in [0, 0.1) is 0 Å². The molecule has 0 unspecified atom stereocenters. The predicted molar refractivity (Wildman–Crippen MR) is 80.7 cm³/mol. The predicted octanol–water partition coefficient (Wildman–Crippen LogP) is 3.05. The van der Waals surface area contributed by atoms with Gasteiger partial charge in [-0.1, -0.05) is 17.7 Å². The second kappa shape index (κ2) is 6.11. The average molecular weight is 358 g/mol. The van der Waals surface area contributed by atoms with Crippen molar-refractivity contribution in [2.24, 2.45) is 0 Å². The SMILES string of the molecule is COc1c(Br)cc(Cl)cc1NC(=O)c1cccc(=O)[nH]1. The van der Waals surface area contributed by atoms with Crippen molar-refractivity contribution in [2.75, 3.05) is 12.4 Å². The fourth-order valence-electron chi connectivity index (χ4n) is 1.63. The average Bonchev–Trinajstić information content (AvgIpc) is 2.38. The Kier molecular flexibility index (Phi) is 4.46. The Bertz CT molecular complexity index is 715. The minimum Gasteiger partial charge on any atom is -0.493 e. The molecule has 7 heteroatoms. The van der Waals surface area contributed by atoms with Crippen LogP contribution in [0.5, 0.6) is 5.75 Å². The van der Waals surface area contributed by atoms with Gasteiger partial charge in [0.15, 0.2) is 5.75 Å². The third-order valence-corrected chi connectivity index (χ3v) is 3.28. The van der Waals surface area contributed by atoms with Crippen LogP contribution >= 0.6 is 27.5 Å². The van der Waals surface area contributed by atoms with Crippen molar-refractivity contribution in [3.05, 3.63) is 55.9 Å². The van der Waals surface area contributed by atoms with E-state index in [4.69, 9.17) is 16.3 Å². The Morgan fingerprint density at radius 2 is 2.15 bits per heavy atom. The van der Waals surface area contributed by atoms with E-state index in [1.54, 1.807) is 12.1 Å². The minimum absolute atomic E-state index is 0.149. The van der Waals surface area contributed by atoms with E-state index in [9.17, 15) is 9.59 Å². The van der Waals surface area contributed by atoms with Crippen LogP contribution in [0.1, 0.15) is 10.5 Å². The molecular weight excluding hydrogens is 348 g/mol. The van der Waals surface area contributed by atoms with Crippen molar-refractivity contribution in [1.29, 1.82) is 0 Å². The molecule has 2 N–H and O–H groups in total. The van der Waals surface area contributed by atoms with Gasteiger partial charge in [0.1, 0.15) is 5.69 Å². The van der Waals surface area contributed by atoms with Gasteiger partial charge in [-0.15, -0.1) is 0 Å². The van der Waals surface area contributed by atoms with Crippen LogP contribution in [0.4, 0.5) is 5.69 Å². The number of hydrogen-bond acceptors (Lipinski definition) is 3. The fourth-order valence-corrected chi connectivity index (χ4v) is 2.60. The first-order valence-electron chi connectivity index (χ1n) is 5.55. The molecule has 20 heavy (non-hydrogen) atoms. The van der Waals surface area contributed by atoms with E-state index in [-0.39, 0.29) is 11.3 Å². The van der Waals surface area contributed by atoms with Crippen LogP contribution in [0.3, 0.4) is 0 Å². The number of H-pyrrole nitrogens is 1. The molecule has 0 aliphatic carbocycles. The van der Waals surface area contributed by atoms with Gasteiger partial charge in [0, 0.05) is 11.1 Å². The molecular formula is C13H10BrClN2O3. The van der Waals surface area contributed by atoms with Gasteiger partial charge in [0.25, 0.3) is 5.91 Å². The zero-order chi connectivity index (χ0) is 14.7. The van der Waals surface area contributed by atoms with Crippen molar-refractivity contribution >= 4 is 39.1 Å². The molecule has 5 nitrogen and oxygen atoms in total. The molecule has 0 radical (unpaired) electrons. The van der Waals surface area contributed by atoms with Gasteiger partial charge in [-0.3, -0.25) is 9.59 Å². The third kappa shape index (κ3) is 3.20. The van der Waals surface area contributed by atoms with Gasteiger partial charge in [-0.2, -0.15) is 0 Å². The first-order chi connectivity index (χ1) is 9.51. The fraction of sp³-hybridized carbons (Fsp3) is 0.0769. The number of hydrogen-bond donors (Lipinski definition) is 2. The molecule has 0 saturated carbocycles. The number of pyridine rings is 1. The molecule has 0 aliphatic heterocycles. The van der Waals surface area contributed by atoms with Crippen molar-refractivity contribution in [3.8, 4) is 5.75 Å². The highest BCUT2D eigenvalue weighted by atomic mass is 79.9. The Labute approximate surface area is 128 Å². The second-order valence-corrected chi connectivity index (χ2v) is 5.14. The summed E-state index contributed by atoms with van der Waals surface area (Å²) in [6.07, 6.45) is 0. The maximum absolute atomic E-state index is 12.1. The van der Waals surface area contributed by atoms with Gasteiger partial charge < -0.3 is 15.0 Å². The van der Waals surface area contributed by atoms with Crippen molar-refractivity contribution < 1.29 is 9.53 Å². The van der Waals surface area contributed by atoms with Gasteiger partial charge in [-0.05, 0) is 34.1 Å². The number of benzene rings is 1. The number of amides is 1. The van der Waals surface area contributed by atoms with E-state index in [0.29, 0.717) is 20.9 Å². The van der Waals surface area contributed by atoms with Crippen LogP contribution in [-0.4, -0.2) is 18.0 Å². The van der Waals surface area contributed by atoms with Gasteiger partial charge in [0.2, 0.25) is 5.56 Å². The quantitative estimate of drug-likeness (QED) is 0.887. The number of rotatable bonds is 3. The maximum Gasteiger partial charge on any atom is 0.272 e. The van der Waals surface area contributed by atoms with E-state index < -0.39 is 5.91 Å². The minimum atomic E-state index is -0.463. The summed E-state index contributed by atoms with van der Waals surface area (Å²) in [5, 5.41) is 3.08. The lowest BCUT2D eigenvalue weighted by Gasteiger charge is -2.12. The summed E-state index contributed by atoms with van der Waals surface area (Å²) in [6.45, 7) is 0. The number of anilines is 1. The number of aromatic nitrogens is 1. The Hall–Kier alpha value is -1.79. The molecule has 0 atom stereocenters. The molecule has 2 rings (SSSR count). The monoisotopic (exact) mass is 356 g/mol. The number of ether oxygens (including phenoxy) is 1. The Morgan fingerprint density at radius 3 is 2.80 bits per heavy atom. The summed E-state index contributed by atoms with van der Waals surface area (Å²) in [6, 6.07) is 7.54. The molecule has 2 aromatic rings. The molecule has 0 saturated heterocycles. The molecule has 1 heterocycles. The molecule has 1 amide bonds. The van der Waals surface area contributed by atoms with Crippen molar-refractivity contribution in [3.63, 3.8) is 0 Å². The summed E-state index contributed by atoms with van der Waals surface area (Å²) in [7, 11) is 1.48. The third-order valence-electron chi connectivity index (χ3n) is 2.47. The number of halogens is 2. The number of aromatic amines is 1. The van der Waals surface area contributed by atoms with Crippen molar-refractivity contribution in [1.82, 2.24) is 4.98 Å². The molecule has 0 aliphatic rings. The lowest BCUT2D eigenvalue weighted by molar-refractivity contribution is 0.102. The first kappa shape index (κ1) is 14.6. The number of methoxy groups -OCH3 is 1. The van der Waals surface area contributed by atoms with Crippen LogP contribution in [0.25, 0.3) is 0 Å². The standard InChI is InChI=1S/C13H10BrClN2O3/c1-20-12-8(14)5-7(15)6-10(12)17-13(19)9-3-2-4-11(18)16-9/h2-6H,1H3,(H,16,18)(H,17,19). The molecule has 1 aromatic carbocycles. The van der Waals surface area contributed by atoms with Gasteiger partial charge in [-0.25, -0.2) is 0 Å². The summed E-state index contributed by atoms with van der Waals surface area (Å²) in [5.41, 5.74) is 0.203. The summed E-state index contributed by atoms with van der Waals surface area (Å²) >= 11 is 9.24. The largest absolute Gasteiger partial charge is 0.493 e. The normalized spacial score (nSPS) is 10.2. The zero-order valence-corrected chi connectivity index (χ0v) is 12.7. The topological polar surface area (TPSA) is 71.2 Å². The molecule has 0 bridgehead atoms. The molecule has 1 aromatic heterocycles. The lowest BCUT2D eigenvalue weighted by atomic mass is 10.2. The number of carbonyl (C=O) groups excluding carboxylic acids is 1. The zero-order valence-electron chi connectivity index (χ0n) is 10.4. The van der Waals surface area contributed by atoms with Crippen LogP contribution in [-0.2, 0) is 0 Å². The van der Waals surface area contributed by atoms with Crippen molar-refractivity contribution in [2.45, 2.75) is 0 Å². The van der Waals surface area contributed by atoms with Crippen LogP contribution in [0.2, 0.25) is 5.02 Å². The van der Waals surface area contributed by atoms with Gasteiger partial charge in [0.05, 0.1) is 17.3 Å². The highest BCUT2D eigenvalue weighted by molar-refractivity contribution is 9.10. The number of nitrogens with one attached hydrogen (secondary N) is 2. The molecule has 104 valence electrons. The van der Waals surface area contributed by atoms with E-state index in [1.807, 2.05) is 0 Å². The van der Waals surface area contributed by atoms with E-state index >= 15 is 0 Å². The Balaban J connectivity index is 2.35. The van der Waals surface area contributed by atoms with Gasteiger partial charge >= 0.3 is 0 Å². The van der Waals surface area contributed by atoms with E-state index in [0.717, 1.165) is 0 Å². The second-order valence-electron chi connectivity index (χ2n) is 3.85. The Morgan fingerprint density at radius 1 is 1.40 bits per heavy atom. The van der Waals surface area contributed by atoms with Crippen LogP contribution in [0.15, 0.2) is 39.6 Å². The summed E-state index contributed by atoms with van der Waals surface area (Å²) in [5.74, 6) is -0.0174. The summed E-state index contributed by atoms with van der Waals surface area (Å²) < 4.78 is 5.81. The highest BCUT2D eigenvalue weighted by Crippen LogP contribution is 2.36. The van der Waals surface area contributed by atoms with E-state index in [1.165, 1.54) is 25.3 Å². The lowest BCUT2D eigenvalue weighted by Crippen LogP contribution is -2.18. The molecule has 0 fully saturated rings. The highest BCUT2D eigenvalue weighted by Gasteiger charge is 2.14.